The van der Waals surface area contributed by atoms with Gasteiger partial charge in [0.1, 0.15) is 5.82 Å². The van der Waals surface area contributed by atoms with Gasteiger partial charge in [0.2, 0.25) is 5.95 Å². The topological polar surface area (TPSA) is 74.8 Å². The number of rotatable bonds is 3. The molecule has 2 aliphatic rings. The van der Waals surface area contributed by atoms with E-state index < -0.39 is 0 Å². The van der Waals surface area contributed by atoms with Crippen LogP contribution in [-0.2, 0) is 0 Å². The zero-order valence-corrected chi connectivity index (χ0v) is 13.3. The molecule has 4 rings (SSSR count). The zero-order valence-electron chi connectivity index (χ0n) is 13.3. The minimum absolute atomic E-state index is 0.423. The van der Waals surface area contributed by atoms with Crippen LogP contribution in [0, 0.1) is 13.8 Å². The maximum absolute atomic E-state index is 4.66. The number of nitrogens with one attached hydrogen (secondary N) is 3. The molecule has 3 N–H and O–H groups in total. The lowest BCUT2D eigenvalue weighted by atomic mass is 9.96. The summed E-state index contributed by atoms with van der Waals surface area (Å²) < 4.78 is 0. The molecule has 6 nitrogen and oxygen atoms in total. The highest BCUT2D eigenvalue weighted by molar-refractivity contribution is 5.90. The van der Waals surface area contributed by atoms with E-state index >= 15 is 0 Å². The van der Waals surface area contributed by atoms with Crippen LogP contribution in [0.3, 0.4) is 0 Å². The Kier molecular flexibility index (Phi) is 3.14. The van der Waals surface area contributed by atoms with Crippen LogP contribution in [0.2, 0.25) is 0 Å². The second-order valence-electron chi connectivity index (χ2n) is 6.46. The summed E-state index contributed by atoms with van der Waals surface area (Å²) in [5, 5.41) is 11.3. The molecule has 116 valence electrons. The Balaban J connectivity index is 1.72. The molecule has 2 saturated heterocycles. The van der Waals surface area contributed by atoms with Gasteiger partial charge >= 0.3 is 0 Å². The molecule has 2 aromatic rings. The van der Waals surface area contributed by atoms with Gasteiger partial charge in [0.05, 0.1) is 5.39 Å². The molecule has 0 aliphatic carbocycles. The molecule has 22 heavy (non-hydrogen) atoms. The number of aromatic nitrogens is 3. The summed E-state index contributed by atoms with van der Waals surface area (Å²) in [6.45, 7) is 4.08. The molecule has 0 spiro atoms. The maximum Gasteiger partial charge on any atom is 0.227 e. The minimum Gasteiger partial charge on any atom is -0.372 e. The van der Waals surface area contributed by atoms with Gasteiger partial charge in [-0.25, -0.2) is 4.98 Å². The molecule has 3 atom stereocenters. The number of nitrogens with zero attached hydrogens (tertiary/aromatic N) is 3. The van der Waals surface area contributed by atoms with Crippen LogP contribution in [0.25, 0.3) is 11.0 Å². The van der Waals surface area contributed by atoms with Gasteiger partial charge in [0.25, 0.3) is 0 Å². The number of anilines is 2. The van der Waals surface area contributed by atoms with Crippen molar-refractivity contribution in [2.75, 3.05) is 17.7 Å². The first-order valence-electron chi connectivity index (χ1n) is 8.00. The van der Waals surface area contributed by atoms with Crippen LogP contribution in [0.15, 0.2) is 6.07 Å². The van der Waals surface area contributed by atoms with E-state index in [1.54, 1.807) is 0 Å². The number of aryl methyl sites for hydroxylation is 2. The van der Waals surface area contributed by atoms with Gasteiger partial charge in [-0.15, -0.1) is 0 Å². The van der Waals surface area contributed by atoms with E-state index in [4.69, 9.17) is 0 Å². The number of pyridine rings is 1. The largest absolute Gasteiger partial charge is 0.372 e. The summed E-state index contributed by atoms with van der Waals surface area (Å²) in [7, 11) is 1.89. The first-order chi connectivity index (χ1) is 10.6. The second kappa shape index (κ2) is 5.05. The third-order valence-electron chi connectivity index (χ3n) is 4.84. The van der Waals surface area contributed by atoms with Gasteiger partial charge in [-0.2, -0.15) is 9.97 Å². The van der Waals surface area contributed by atoms with Crippen LogP contribution >= 0.6 is 0 Å². The summed E-state index contributed by atoms with van der Waals surface area (Å²) in [4.78, 5) is 13.9. The molecule has 2 fully saturated rings. The fourth-order valence-electron chi connectivity index (χ4n) is 3.87. The average Bonchev–Trinajstić information content (AvgIpc) is 3.08. The predicted molar refractivity (Wildman–Crippen MR) is 88.3 cm³/mol. The van der Waals surface area contributed by atoms with Crippen molar-refractivity contribution in [1.29, 1.82) is 0 Å². The Hall–Kier alpha value is -1.95. The fraction of sp³-hybridized carbons (Fsp3) is 0.562. The lowest BCUT2D eigenvalue weighted by molar-refractivity contribution is 0.525. The third-order valence-corrected chi connectivity index (χ3v) is 4.84. The van der Waals surface area contributed by atoms with Gasteiger partial charge in [-0.1, -0.05) is 0 Å². The molecule has 0 amide bonds. The summed E-state index contributed by atoms with van der Waals surface area (Å²) >= 11 is 0. The van der Waals surface area contributed by atoms with Crippen LogP contribution < -0.4 is 16.0 Å². The molecular formula is C16H22N6. The van der Waals surface area contributed by atoms with Crippen molar-refractivity contribution in [3.8, 4) is 0 Å². The van der Waals surface area contributed by atoms with Crippen LogP contribution in [-0.4, -0.2) is 40.1 Å². The number of hydrogen-bond acceptors (Lipinski definition) is 6. The highest BCUT2D eigenvalue weighted by atomic mass is 15.2. The standard InChI is InChI=1S/C16H22N6/c1-8-6-9(2)18-15-13(8)14(17-3)21-16(22-15)20-12-7-10-4-5-11(12)19-10/h6,10-12,19H,4-5,7H2,1-3H3,(H2,17,18,20,21,22)/t10-,11+,12+/m1/s1. The Bertz CT molecular complexity index is 728. The van der Waals surface area contributed by atoms with E-state index in [0.29, 0.717) is 24.1 Å². The molecular weight excluding hydrogens is 276 g/mol. The predicted octanol–water partition coefficient (Wildman–Crippen LogP) is 1.99. The van der Waals surface area contributed by atoms with Gasteiger partial charge < -0.3 is 16.0 Å². The van der Waals surface area contributed by atoms with Crippen molar-refractivity contribution in [2.24, 2.45) is 0 Å². The van der Waals surface area contributed by atoms with Gasteiger partial charge in [-0.05, 0) is 44.7 Å². The smallest absolute Gasteiger partial charge is 0.227 e. The Labute approximate surface area is 130 Å². The molecule has 4 heterocycles. The van der Waals surface area contributed by atoms with Crippen molar-refractivity contribution in [1.82, 2.24) is 20.3 Å². The molecule has 0 saturated carbocycles. The monoisotopic (exact) mass is 298 g/mol. The van der Waals surface area contributed by atoms with E-state index in [1.165, 1.54) is 12.8 Å². The SMILES string of the molecule is CNc1nc(N[C@H]2C[C@H]3CC[C@@H]2N3)nc2nc(C)cc(C)c12. The van der Waals surface area contributed by atoms with E-state index in [9.17, 15) is 0 Å². The van der Waals surface area contributed by atoms with E-state index in [0.717, 1.165) is 34.5 Å². The normalized spacial score (nSPS) is 26.6. The zero-order chi connectivity index (χ0) is 15.3. The summed E-state index contributed by atoms with van der Waals surface area (Å²) in [6.07, 6.45) is 3.69. The average molecular weight is 298 g/mol. The maximum atomic E-state index is 4.66. The lowest BCUT2D eigenvalue weighted by Gasteiger charge is -2.22. The molecule has 0 unspecified atom stereocenters. The van der Waals surface area contributed by atoms with Crippen molar-refractivity contribution in [3.05, 3.63) is 17.3 Å². The van der Waals surface area contributed by atoms with Crippen molar-refractivity contribution in [2.45, 2.75) is 51.2 Å². The Morgan fingerprint density at radius 3 is 2.73 bits per heavy atom. The van der Waals surface area contributed by atoms with Crippen LogP contribution in [0.5, 0.6) is 0 Å². The van der Waals surface area contributed by atoms with Crippen LogP contribution in [0.4, 0.5) is 11.8 Å². The van der Waals surface area contributed by atoms with Gasteiger partial charge in [-0.3, -0.25) is 0 Å². The fourth-order valence-corrected chi connectivity index (χ4v) is 3.87. The lowest BCUT2D eigenvalue weighted by Crippen LogP contribution is -2.34. The molecule has 0 radical (unpaired) electrons. The molecule has 0 aromatic carbocycles. The summed E-state index contributed by atoms with van der Waals surface area (Å²) in [5.74, 6) is 1.52. The van der Waals surface area contributed by atoms with Gasteiger partial charge in [0.15, 0.2) is 5.65 Å². The second-order valence-corrected chi connectivity index (χ2v) is 6.46. The Morgan fingerprint density at radius 2 is 2.05 bits per heavy atom. The number of hydrogen-bond donors (Lipinski definition) is 3. The van der Waals surface area contributed by atoms with Crippen molar-refractivity contribution in [3.63, 3.8) is 0 Å². The quantitative estimate of drug-likeness (QED) is 0.804. The molecule has 2 bridgehead atoms. The van der Waals surface area contributed by atoms with E-state index in [1.807, 2.05) is 14.0 Å². The first kappa shape index (κ1) is 13.7. The first-order valence-corrected chi connectivity index (χ1v) is 8.00. The Morgan fingerprint density at radius 1 is 1.18 bits per heavy atom. The summed E-state index contributed by atoms with van der Waals surface area (Å²) in [6, 6.07) is 3.70. The highest BCUT2D eigenvalue weighted by Crippen LogP contribution is 2.31. The highest BCUT2D eigenvalue weighted by Gasteiger charge is 2.39. The molecule has 6 heteroatoms. The minimum atomic E-state index is 0.423. The van der Waals surface area contributed by atoms with Gasteiger partial charge in [0, 0.05) is 30.9 Å². The van der Waals surface area contributed by atoms with E-state index in [2.05, 4.69) is 43.9 Å². The summed E-state index contributed by atoms with van der Waals surface area (Å²) in [5.41, 5.74) is 2.90. The molecule has 2 aromatic heterocycles. The number of fused-ring (bicyclic) bond motifs is 3. The van der Waals surface area contributed by atoms with E-state index in [-0.39, 0.29) is 0 Å². The van der Waals surface area contributed by atoms with Crippen LogP contribution in [0.1, 0.15) is 30.5 Å². The third kappa shape index (κ3) is 2.18. The van der Waals surface area contributed by atoms with Crippen molar-refractivity contribution < 1.29 is 0 Å². The van der Waals surface area contributed by atoms with Crippen molar-refractivity contribution >= 4 is 22.8 Å². The molecule has 2 aliphatic heterocycles.